The maximum Gasteiger partial charge on any atom is 0.294 e. The van der Waals surface area contributed by atoms with Crippen molar-refractivity contribution in [2.45, 2.75) is 37.8 Å². The molecule has 0 saturated heterocycles. The molecule has 0 radical (unpaired) electrons. The number of hydrogen-bond acceptors (Lipinski definition) is 6. The van der Waals surface area contributed by atoms with Gasteiger partial charge in [0.15, 0.2) is 0 Å². The molecule has 8 heteroatoms. The number of amides is 1. The summed E-state index contributed by atoms with van der Waals surface area (Å²) in [5.41, 5.74) is 0.353. The monoisotopic (exact) mass is 281 g/mol. The summed E-state index contributed by atoms with van der Waals surface area (Å²) in [6.45, 7) is 0. The normalized spacial score (nSPS) is 22.1. The summed E-state index contributed by atoms with van der Waals surface area (Å²) < 4.78 is 0. The molecule has 1 saturated carbocycles. The number of rotatable bonds is 4. The van der Waals surface area contributed by atoms with Gasteiger partial charge in [-0.1, -0.05) is 0 Å². The van der Waals surface area contributed by atoms with E-state index in [2.05, 4.69) is 9.82 Å². The Morgan fingerprint density at radius 3 is 2.50 bits per heavy atom. The van der Waals surface area contributed by atoms with Crippen LogP contribution in [0.1, 0.15) is 36.0 Å². The van der Waals surface area contributed by atoms with Crippen molar-refractivity contribution in [2.75, 3.05) is 0 Å². The first-order chi connectivity index (χ1) is 9.58. The minimum atomic E-state index is -0.802. The van der Waals surface area contributed by atoms with Gasteiger partial charge in [0, 0.05) is 18.0 Å². The van der Waals surface area contributed by atoms with Crippen molar-refractivity contribution in [3.63, 3.8) is 0 Å². The topological polar surface area (TPSA) is 106 Å². The average Bonchev–Trinajstić information content (AvgIpc) is 2.47. The number of carbonyl (C=O) groups excluding carboxylic acids is 1. The fraction of sp³-hybridized carbons (Fsp3) is 0.500. The summed E-state index contributed by atoms with van der Waals surface area (Å²) in [4.78, 5) is 30.5. The first kappa shape index (κ1) is 14.2. The molecule has 0 atom stereocenters. The molecular weight excluding hydrogens is 266 g/mol. The second kappa shape index (κ2) is 6.29. The lowest BCUT2D eigenvalue weighted by molar-refractivity contribution is -0.769. The maximum absolute atomic E-state index is 12.0. The number of aromatic nitrogens is 1. The van der Waals surface area contributed by atoms with E-state index in [-0.39, 0.29) is 6.04 Å². The molecule has 1 amide bonds. The van der Waals surface area contributed by atoms with Crippen molar-refractivity contribution in [1.82, 2.24) is 10.0 Å². The van der Waals surface area contributed by atoms with Crippen LogP contribution in [0.4, 0.5) is 0 Å². The zero-order valence-corrected chi connectivity index (χ0v) is 10.7. The van der Waals surface area contributed by atoms with Crippen LogP contribution in [0, 0.1) is 10.1 Å². The van der Waals surface area contributed by atoms with E-state index in [4.69, 9.17) is 0 Å². The van der Waals surface area contributed by atoms with Crippen molar-refractivity contribution < 1.29 is 19.9 Å². The zero-order chi connectivity index (χ0) is 14.5. The first-order valence-corrected chi connectivity index (χ1v) is 6.31. The van der Waals surface area contributed by atoms with Crippen molar-refractivity contribution in [3.05, 3.63) is 40.2 Å². The van der Waals surface area contributed by atoms with Crippen molar-refractivity contribution in [3.8, 4) is 0 Å². The smallest absolute Gasteiger partial charge is 0.294 e. The molecule has 0 aromatic carbocycles. The van der Waals surface area contributed by atoms with Gasteiger partial charge in [0.2, 0.25) is 0 Å². The van der Waals surface area contributed by atoms with E-state index in [0.29, 0.717) is 36.3 Å². The molecule has 1 aliphatic carbocycles. The highest BCUT2D eigenvalue weighted by atomic mass is 17.0. The van der Waals surface area contributed by atoms with Gasteiger partial charge in [-0.2, -0.15) is 0 Å². The lowest BCUT2D eigenvalue weighted by Gasteiger charge is -2.32. The van der Waals surface area contributed by atoms with Crippen molar-refractivity contribution in [1.29, 1.82) is 0 Å². The summed E-state index contributed by atoms with van der Waals surface area (Å²) in [5.74, 6) is -0.494. The Balaban J connectivity index is 1.90. The van der Waals surface area contributed by atoms with E-state index in [1.54, 1.807) is 0 Å². The van der Waals surface area contributed by atoms with Crippen LogP contribution in [0.5, 0.6) is 0 Å². The molecule has 0 spiro atoms. The van der Waals surface area contributed by atoms with Crippen LogP contribution in [0.3, 0.4) is 0 Å². The molecule has 20 heavy (non-hydrogen) atoms. The third-order valence-electron chi connectivity index (χ3n) is 3.36. The van der Waals surface area contributed by atoms with Gasteiger partial charge in [0.1, 0.15) is 6.10 Å². The summed E-state index contributed by atoms with van der Waals surface area (Å²) in [7, 11) is 0. The molecule has 1 aromatic heterocycles. The standard InChI is InChI=1S/C12H15N3O5/c16-12(9-5-7-13-8-6-9)14(17)10-1-3-11(4-2-10)20-15(18)19/h5-8,10-11,17H,1-4H2. The summed E-state index contributed by atoms with van der Waals surface area (Å²) >= 11 is 0. The molecule has 0 aliphatic heterocycles. The zero-order valence-electron chi connectivity index (χ0n) is 10.7. The van der Waals surface area contributed by atoms with E-state index in [1.807, 2.05) is 0 Å². The molecule has 108 valence electrons. The molecule has 0 bridgehead atoms. The molecule has 8 nitrogen and oxygen atoms in total. The van der Waals surface area contributed by atoms with Gasteiger partial charge in [-0.05, 0) is 37.8 Å². The third kappa shape index (κ3) is 3.41. The minimum absolute atomic E-state index is 0.345. The fourth-order valence-corrected chi connectivity index (χ4v) is 2.31. The number of hydrogen-bond donors (Lipinski definition) is 1. The Morgan fingerprint density at radius 1 is 1.35 bits per heavy atom. The van der Waals surface area contributed by atoms with Gasteiger partial charge in [0.25, 0.3) is 11.0 Å². The van der Waals surface area contributed by atoms with Gasteiger partial charge >= 0.3 is 0 Å². The Labute approximate surface area is 115 Å². The second-order valence-corrected chi connectivity index (χ2v) is 4.65. The summed E-state index contributed by atoms with van der Waals surface area (Å²) in [6.07, 6.45) is 4.30. The SMILES string of the molecule is O=C(c1ccncc1)N(O)C1CCC(O[N+](=O)[O-])CC1. The number of hydroxylamine groups is 2. The molecule has 2 rings (SSSR count). The summed E-state index contributed by atoms with van der Waals surface area (Å²) in [6, 6.07) is 2.70. The predicted octanol–water partition coefficient (Wildman–Crippen LogP) is 1.43. The largest absolute Gasteiger partial charge is 0.311 e. The van der Waals surface area contributed by atoms with E-state index < -0.39 is 17.1 Å². The van der Waals surface area contributed by atoms with Crippen LogP contribution in [0.15, 0.2) is 24.5 Å². The van der Waals surface area contributed by atoms with Gasteiger partial charge in [0.05, 0.1) is 6.04 Å². The Morgan fingerprint density at radius 2 is 1.95 bits per heavy atom. The van der Waals surface area contributed by atoms with E-state index in [9.17, 15) is 20.1 Å². The van der Waals surface area contributed by atoms with Crippen LogP contribution in [0.25, 0.3) is 0 Å². The first-order valence-electron chi connectivity index (χ1n) is 6.31. The van der Waals surface area contributed by atoms with E-state index in [0.717, 1.165) is 0 Å². The van der Waals surface area contributed by atoms with E-state index >= 15 is 0 Å². The van der Waals surface area contributed by atoms with E-state index in [1.165, 1.54) is 24.5 Å². The lowest BCUT2D eigenvalue weighted by atomic mass is 9.92. The Kier molecular flexibility index (Phi) is 4.46. The van der Waals surface area contributed by atoms with Gasteiger partial charge in [-0.25, -0.2) is 5.06 Å². The second-order valence-electron chi connectivity index (χ2n) is 4.65. The quantitative estimate of drug-likeness (QED) is 0.508. The highest BCUT2D eigenvalue weighted by molar-refractivity contribution is 5.93. The molecule has 1 aromatic rings. The molecule has 1 heterocycles. The maximum atomic E-state index is 12.0. The van der Waals surface area contributed by atoms with Gasteiger partial charge < -0.3 is 4.84 Å². The van der Waals surface area contributed by atoms with Crippen LogP contribution >= 0.6 is 0 Å². The van der Waals surface area contributed by atoms with Crippen molar-refractivity contribution >= 4 is 5.91 Å². The number of nitrogens with zero attached hydrogens (tertiary/aromatic N) is 3. The minimum Gasteiger partial charge on any atom is -0.311 e. The van der Waals surface area contributed by atoms with Crippen LogP contribution in [0.2, 0.25) is 0 Å². The molecule has 1 fully saturated rings. The van der Waals surface area contributed by atoms with Crippen LogP contribution in [-0.2, 0) is 4.84 Å². The van der Waals surface area contributed by atoms with Crippen LogP contribution in [-0.4, -0.2) is 38.4 Å². The average molecular weight is 281 g/mol. The molecular formula is C12H15N3O5. The molecule has 1 aliphatic rings. The molecule has 0 unspecified atom stereocenters. The third-order valence-corrected chi connectivity index (χ3v) is 3.36. The number of pyridine rings is 1. The van der Waals surface area contributed by atoms with Gasteiger partial charge in [-0.3, -0.25) is 15.0 Å². The lowest BCUT2D eigenvalue weighted by Crippen LogP contribution is -2.41. The Hall–Kier alpha value is -2.22. The van der Waals surface area contributed by atoms with Gasteiger partial charge in [-0.15, -0.1) is 10.1 Å². The highest BCUT2D eigenvalue weighted by Gasteiger charge is 2.30. The number of carbonyl (C=O) groups is 1. The Bertz CT molecular complexity index is 473. The van der Waals surface area contributed by atoms with Crippen LogP contribution < -0.4 is 0 Å². The molecule has 1 N–H and O–H groups in total. The summed E-state index contributed by atoms with van der Waals surface area (Å²) in [5, 5.41) is 20.1. The fourth-order valence-electron chi connectivity index (χ4n) is 2.31. The predicted molar refractivity (Wildman–Crippen MR) is 66.3 cm³/mol. The van der Waals surface area contributed by atoms with Crippen molar-refractivity contribution in [2.24, 2.45) is 0 Å². The highest BCUT2D eigenvalue weighted by Crippen LogP contribution is 2.25.